The lowest BCUT2D eigenvalue weighted by Crippen LogP contribution is -2.38. The Hall–Kier alpha value is -1.97. The van der Waals surface area contributed by atoms with Crippen molar-refractivity contribution in [3.05, 3.63) is 35.2 Å². The Morgan fingerprint density at radius 3 is 2.09 bits per heavy atom. The zero-order valence-electron chi connectivity index (χ0n) is 13.4. The second-order valence-corrected chi connectivity index (χ2v) is 7.72. The number of aromatic nitrogens is 2. The summed E-state index contributed by atoms with van der Waals surface area (Å²) in [7, 11) is 0. The number of fused-ring (bicyclic) bond motifs is 6. The van der Waals surface area contributed by atoms with Crippen molar-refractivity contribution in [2.75, 3.05) is 0 Å². The average molecular weight is 296 g/mol. The quantitative estimate of drug-likeness (QED) is 0.872. The molecule has 1 fully saturated rings. The van der Waals surface area contributed by atoms with Gasteiger partial charge in [-0.15, -0.1) is 0 Å². The number of rotatable bonds is 1. The van der Waals surface area contributed by atoms with E-state index in [0.717, 1.165) is 29.7 Å². The Labute approximate surface area is 129 Å². The van der Waals surface area contributed by atoms with Crippen LogP contribution in [0.15, 0.2) is 18.2 Å². The summed E-state index contributed by atoms with van der Waals surface area (Å²) in [5.74, 6) is -0.927. The van der Waals surface area contributed by atoms with Gasteiger partial charge >= 0.3 is 5.97 Å². The maximum Gasteiger partial charge on any atom is 0.335 e. The van der Waals surface area contributed by atoms with E-state index in [1.54, 1.807) is 18.2 Å². The Bertz CT molecular complexity index is 842. The van der Waals surface area contributed by atoms with E-state index in [0.29, 0.717) is 5.52 Å². The van der Waals surface area contributed by atoms with Gasteiger partial charge < -0.3 is 5.11 Å². The summed E-state index contributed by atoms with van der Waals surface area (Å²) in [6.45, 7) is 9.22. The van der Waals surface area contributed by atoms with Gasteiger partial charge in [0.05, 0.1) is 28.0 Å². The molecule has 2 unspecified atom stereocenters. The maximum absolute atomic E-state index is 11.2. The van der Waals surface area contributed by atoms with Crippen LogP contribution in [0.2, 0.25) is 0 Å². The van der Waals surface area contributed by atoms with Crippen molar-refractivity contribution < 1.29 is 9.90 Å². The van der Waals surface area contributed by atoms with Gasteiger partial charge in [0.25, 0.3) is 0 Å². The second kappa shape index (κ2) is 3.67. The third-order valence-electron chi connectivity index (χ3n) is 6.84. The molecule has 2 bridgehead atoms. The van der Waals surface area contributed by atoms with Crippen LogP contribution in [0.3, 0.4) is 0 Å². The van der Waals surface area contributed by atoms with Gasteiger partial charge in [-0.2, -0.15) is 0 Å². The van der Waals surface area contributed by atoms with E-state index < -0.39 is 5.97 Å². The Balaban J connectivity index is 2.04. The fourth-order valence-electron chi connectivity index (χ4n) is 4.52. The molecule has 0 spiro atoms. The van der Waals surface area contributed by atoms with E-state index in [9.17, 15) is 4.79 Å². The molecule has 0 amide bonds. The highest BCUT2D eigenvalue weighted by Crippen LogP contribution is 2.69. The van der Waals surface area contributed by atoms with Crippen LogP contribution >= 0.6 is 0 Å². The molecule has 1 aromatic heterocycles. The highest BCUT2D eigenvalue weighted by atomic mass is 16.4. The van der Waals surface area contributed by atoms with Crippen LogP contribution in [0, 0.1) is 5.41 Å². The zero-order valence-corrected chi connectivity index (χ0v) is 13.4. The fourth-order valence-corrected chi connectivity index (χ4v) is 4.52. The minimum atomic E-state index is -0.927. The average Bonchev–Trinajstić information content (AvgIpc) is 2.73. The molecule has 4 heteroatoms. The number of nitrogens with zero attached hydrogens (tertiary/aromatic N) is 2. The van der Waals surface area contributed by atoms with Crippen molar-refractivity contribution in [3.8, 4) is 0 Å². The molecule has 2 atom stereocenters. The lowest BCUT2D eigenvalue weighted by molar-refractivity contribution is 0.0697. The Kier molecular flexibility index (Phi) is 2.28. The van der Waals surface area contributed by atoms with Crippen molar-refractivity contribution in [2.45, 2.75) is 51.4 Å². The monoisotopic (exact) mass is 296 g/mol. The van der Waals surface area contributed by atoms with Gasteiger partial charge in [0.2, 0.25) is 0 Å². The molecule has 4 nitrogen and oxygen atoms in total. The van der Waals surface area contributed by atoms with Gasteiger partial charge in [-0.3, -0.25) is 0 Å². The predicted octanol–water partition coefficient (Wildman–Crippen LogP) is 3.68. The predicted molar refractivity (Wildman–Crippen MR) is 84.2 cm³/mol. The zero-order chi connectivity index (χ0) is 15.9. The molecule has 1 saturated carbocycles. The van der Waals surface area contributed by atoms with E-state index in [2.05, 4.69) is 27.7 Å². The van der Waals surface area contributed by atoms with Crippen LogP contribution in [-0.2, 0) is 10.8 Å². The van der Waals surface area contributed by atoms with Gasteiger partial charge in [-0.1, -0.05) is 27.7 Å². The van der Waals surface area contributed by atoms with E-state index in [1.165, 1.54) is 0 Å². The molecule has 0 aliphatic heterocycles. The van der Waals surface area contributed by atoms with Crippen LogP contribution in [0.25, 0.3) is 11.0 Å². The van der Waals surface area contributed by atoms with Gasteiger partial charge in [0.15, 0.2) is 0 Å². The largest absolute Gasteiger partial charge is 0.478 e. The summed E-state index contributed by atoms with van der Waals surface area (Å²) in [6.07, 6.45) is 2.25. The SMILES string of the molecule is CC12CCC(C)(c3nc4cc(C(=O)O)ccc4nc31)C2(C)C. The molecule has 0 saturated heterocycles. The fraction of sp³-hybridized carbons (Fsp3) is 0.500. The third-order valence-corrected chi connectivity index (χ3v) is 6.84. The number of carboxylic acid groups (broad SMARTS) is 1. The van der Waals surface area contributed by atoms with E-state index in [4.69, 9.17) is 15.1 Å². The molecule has 1 aromatic carbocycles. The molecule has 1 N–H and O–H groups in total. The molecule has 2 aliphatic carbocycles. The summed E-state index contributed by atoms with van der Waals surface area (Å²) < 4.78 is 0. The van der Waals surface area contributed by atoms with Crippen molar-refractivity contribution >= 4 is 17.0 Å². The summed E-state index contributed by atoms with van der Waals surface area (Å²) in [5, 5.41) is 9.17. The Morgan fingerprint density at radius 2 is 1.55 bits per heavy atom. The number of hydrogen-bond acceptors (Lipinski definition) is 3. The molecule has 0 radical (unpaired) electrons. The van der Waals surface area contributed by atoms with Crippen molar-refractivity contribution in [1.29, 1.82) is 0 Å². The van der Waals surface area contributed by atoms with E-state index >= 15 is 0 Å². The second-order valence-electron chi connectivity index (χ2n) is 7.72. The minimum Gasteiger partial charge on any atom is -0.478 e. The van der Waals surface area contributed by atoms with Crippen LogP contribution < -0.4 is 0 Å². The first-order valence-corrected chi connectivity index (χ1v) is 7.77. The topological polar surface area (TPSA) is 63.1 Å². The number of hydrogen-bond donors (Lipinski definition) is 1. The molecule has 22 heavy (non-hydrogen) atoms. The number of benzene rings is 1. The van der Waals surface area contributed by atoms with Crippen LogP contribution in [0.5, 0.6) is 0 Å². The van der Waals surface area contributed by atoms with Gasteiger partial charge in [0, 0.05) is 10.8 Å². The van der Waals surface area contributed by atoms with Gasteiger partial charge in [0.1, 0.15) is 0 Å². The molecule has 2 aliphatic rings. The van der Waals surface area contributed by atoms with Crippen molar-refractivity contribution in [1.82, 2.24) is 9.97 Å². The number of carbonyl (C=O) groups is 1. The summed E-state index contributed by atoms with van der Waals surface area (Å²) in [4.78, 5) is 20.9. The van der Waals surface area contributed by atoms with Crippen molar-refractivity contribution in [3.63, 3.8) is 0 Å². The molecule has 2 aromatic rings. The summed E-state index contributed by atoms with van der Waals surface area (Å²) in [6, 6.07) is 5.01. The van der Waals surface area contributed by atoms with E-state index in [1.807, 2.05) is 0 Å². The first-order chi connectivity index (χ1) is 10.2. The number of carboxylic acids is 1. The standard InChI is InChI=1S/C18H20N2O2/c1-16(2)17(3)7-8-18(16,4)14-13(17)19-11-6-5-10(15(21)22)9-12(11)20-14/h5-6,9H,7-8H2,1-4H3,(H,21,22). The highest BCUT2D eigenvalue weighted by molar-refractivity contribution is 5.92. The van der Waals surface area contributed by atoms with Crippen LogP contribution in [0.1, 0.15) is 62.3 Å². The first-order valence-electron chi connectivity index (χ1n) is 7.77. The highest BCUT2D eigenvalue weighted by Gasteiger charge is 2.67. The normalized spacial score (nSPS) is 31.5. The lowest BCUT2D eigenvalue weighted by atomic mass is 9.65. The molecule has 1 heterocycles. The Morgan fingerprint density at radius 1 is 1.00 bits per heavy atom. The van der Waals surface area contributed by atoms with E-state index in [-0.39, 0.29) is 21.8 Å². The van der Waals surface area contributed by atoms with Gasteiger partial charge in [-0.25, -0.2) is 14.8 Å². The number of aromatic carboxylic acids is 1. The van der Waals surface area contributed by atoms with Gasteiger partial charge in [-0.05, 0) is 36.5 Å². The summed E-state index contributed by atoms with van der Waals surface area (Å²) >= 11 is 0. The molecule has 114 valence electrons. The van der Waals surface area contributed by atoms with Crippen molar-refractivity contribution in [2.24, 2.45) is 5.41 Å². The summed E-state index contributed by atoms with van der Waals surface area (Å²) in [5.41, 5.74) is 4.09. The molecular weight excluding hydrogens is 276 g/mol. The molecule has 4 rings (SSSR count). The first kappa shape index (κ1) is 13.7. The lowest BCUT2D eigenvalue weighted by Gasteiger charge is -2.38. The molecular formula is C18H20N2O2. The van der Waals surface area contributed by atoms with Crippen LogP contribution in [0.4, 0.5) is 0 Å². The van der Waals surface area contributed by atoms with Crippen LogP contribution in [-0.4, -0.2) is 21.0 Å². The third kappa shape index (κ3) is 1.28. The minimum absolute atomic E-state index is 0.0114. The smallest absolute Gasteiger partial charge is 0.335 e. The maximum atomic E-state index is 11.2.